The maximum atomic E-state index is 12.9. The van der Waals surface area contributed by atoms with Gasteiger partial charge in [0.2, 0.25) is 11.8 Å². The zero-order chi connectivity index (χ0) is 19.3. The van der Waals surface area contributed by atoms with Crippen LogP contribution >= 0.6 is 0 Å². The Morgan fingerprint density at radius 2 is 2.00 bits per heavy atom. The molecule has 1 atom stereocenters. The highest BCUT2D eigenvalue weighted by Gasteiger charge is 2.31. The van der Waals surface area contributed by atoms with E-state index in [1.165, 1.54) is 10.8 Å². The number of aromatic nitrogens is 3. The van der Waals surface area contributed by atoms with Crippen LogP contribution in [0.25, 0.3) is 0 Å². The number of carbonyl (C=O) groups excluding carboxylic acids is 1. The number of carbonyl (C=O) groups is 1. The average Bonchev–Trinajstić information content (AvgIpc) is 3.19. The first-order valence-corrected chi connectivity index (χ1v) is 9.50. The Morgan fingerprint density at radius 3 is 2.82 bits per heavy atom. The van der Waals surface area contributed by atoms with Crippen molar-refractivity contribution in [2.75, 3.05) is 6.54 Å². The largest absolute Gasteiger partial charge is 0.443 e. The number of piperidine rings is 1. The van der Waals surface area contributed by atoms with E-state index in [-0.39, 0.29) is 18.5 Å². The maximum Gasteiger partial charge on any atom is 0.347 e. The van der Waals surface area contributed by atoms with Gasteiger partial charge in [0.1, 0.15) is 18.3 Å². The third kappa shape index (κ3) is 4.03. The van der Waals surface area contributed by atoms with Gasteiger partial charge in [-0.05, 0) is 30.9 Å². The number of rotatable bonds is 5. The van der Waals surface area contributed by atoms with Crippen molar-refractivity contribution in [1.29, 1.82) is 0 Å². The number of oxazole rings is 1. The third-order valence-electron chi connectivity index (χ3n) is 4.99. The van der Waals surface area contributed by atoms with Gasteiger partial charge in [-0.1, -0.05) is 30.3 Å². The van der Waals surface area contributed by atoms with Crippen LogP contribution in [0.2, 0.25) is 0 Å². The second-order valence-corrected chi connectivity index (χ2v) is 6.96. The highest BCUT2D eigenvalue weighted by atomic mass is 16.4. The van der Waals surface area contributed by atoms with E-state index in [0.29, 0.717) is 18.9 Å². The minimum absolute atomic E-state index is 0.0270. The Kier molecular flexibility index (Phi) is 5.32. The van der Waals surface area contributed by atoms with E-state index < -0.39 is 5.69 Å². The first-order chi connectivity index (χ1) is 13.7. The van der Waals surface area contributed by atoms with Crippen LogP contribution in [0.5, 0.6) is 0 Å². The SMILES string of the molecule is O=C(Cn1cccnc1=O)N1CCCC[C@H]1c1ncc(Cc2ccccc2)o1. The van der Waals surface area contributed by atoms with Gasteiger partial charge in [-0.3, -0.25) is 9.36 Å². The molecule has 0 aliphatic carbocycles. The minimum Gasteiger partial charge on any atom is -0.443 e. The van der Waals surface area contributed by atoms with Gasteiger partial charge in [-0.2, -0.15) is 0 Å². The van der Waals surface area contributed by atoms with Crippen LogP contribution in [-0.4, -0.2) is 31.9 Å². The molecular formula is C21H22N4O3. The smallest absolute Gasteiger partial charge is 0.347 e. The first kappa shape index (κ1) is 18.2. The number of nitrogens with zero attached hydrogens (tertiary/aromatic N) is 4. The highest BCUT2D eigenvalue weighted by molar-refractivity contribution is 5.76. The lowest BCUT2D eigenvalue weighted by Gasteiger charge is -2.33. The van der Waals surface area contributed by atoms with E-state index in [2.05, 4.69) is 9.97 Å². The summed E-state index contributed by atoms with van der Waals surface area (Å²) in [6.45, 7) is 0.607. The number of amides is 1. The minimum atomic E-state index is -0.425. The van der Waals surface area contributed by atoms with Gasteiger partial charge in [0, 0.05) is 25.4 Å². The molecule has 7 nitrogen and oxygen atoms in total. The molecule has 1 amide bonds. The van der Waals surface area contributed by atoms with Crippen LogP contribution in [0.3, 0.4) is 0 Å². The molecule has 2 aromatic heterocycles. The molecular weight excluding hydrogens is 356 g/mol. The molecule has 0 radical (unpaired) electrons. The van der Waals surface area contributed by atoms with Gasteiger partial charge in [-0.15, -0.1) is 0 Å². The van der Waals surface area contributed by atoms with Crippen LogP contribution in [0.4, 0.5) is 0 Å². The van der Waals surface area contributed by atoms with Crippen molar-refractivity contribution < 1.29 is 9.21 Å². The lowest BCUT2D eigenvalue weighted by atomic mass is 10.0. The van der Waals surface area contributed by atoms with Crippen molar-refractivity contribution in [1.82, 2.24) is 19.4 Å². The van der Waals surface area contributed by atoms with Crippen LogP contribution < -0.4 is 5.69 Å². The lowest BCUT2D eigenvalue weighted by Crippen LogP contribution is -2.42. The number of hydrogen-bond donors (Lipinski definition) is 0. The van der Waals surface area contributed by atoms with Crippen LogP contribution in [0.1, 0.15) is 42.5 Å². The Labute approximate surface area is 162 Å². The molecule has 28 heavy (non-hydrogen) atoms. The van der Waals surface area contributed by atoms with Gasteiger partial charge < -0.3 is 9.32 Å². The van der Waals surface area contributed by atoms with Crippen molar-refractivity contribution in [3.05, 3.63) is 82.7 Å². The molecule has 0 N–H and O–H groups in total. The molecule has 1 aliphatic rings. The molecule has 4 rings (SSSR count). The molecule has 1 aromatic carbocycles. The van der Waals surface area contributed by atoms with Crippen molar-refractivity contribution in [3.63, 3.8) is 0 Å². The summed E-state index contributed by atoms with van der Waals surface area (Å²) in [4.78, 5) is 34.6. The van der Waals surface area contributed by atoms with Gasteiger partial charge >= 0.3 is 5.69 Å². The maximum absolute atomic E-state index is 12.9. The van der Waals surface area contributed by atoms with E-state index in [1.54, 1.807) is 23.4 Å². The normalized spacial score (nSPS) is 16.9. The standard InChI is InChI=1S/C21H22N4O3/c26-19(15-24-11-6-10-22-21(24)27)25-12-5-4-9-18(25)20-23-14-17(28-20)13-16-7-2-1-3-8-16/h1-3,6-8,10-11,14,18H,4-5,9,12-13,15H2/t18-/m0/s1. The van der Waals surface area contributed by atoms with E-state index in [1.807, 2.05) is 30.3 Å². The number of likely N-dealkylation sites (tertiary alicyclic amines) is 1. The van der Waals surface area contributed by atoms with Crippen molar-refractivity contribution in [2.24, 2.45) is 0 Å². The topological polar surface area (TPSA) is 81.2 Å². The molecule has 3 aromatic rings. The van der Waals surface area contributed by atoms with Crippen molar-refractivity contribution in [3.8, 4) is 0 Å². The Balaban J connectivity index is 1.50. The molecule has 0 spiro atoms. The van der Waals surface area contributed by atoms with Crippen LogP contribution in [0, 0.1) is 0 Å². The summed E-state index contributed by atoms with van der Waals surface area (Å²) in [5.41, 5.74) is 0.725. The fraction of sp³-hybridized carbons (Fsp3) is 0.333. The van der Waals surface area contributed by atoms with Crippen LogP contribution in [-0.2, 0) is 17.8 Å². The van der Waals surface area contributed by atoms with Gasteiger partial charge in [0.05, 0.1) is 6.20 Å². The third-order valence-corrected chi connectivity index (χ3v) is 4.99. The van der Waals surface area contributed by atoms with Crippen molar-refractivity contribution in [2.45, 2.75) is 38.3 Å². The summed E-state index contributed by atoms with van der Waals surface area (Å²) >= 11 is 0. The van der Waals surface area contributed by atoms with E-state index in [4.69, 9.17) is 4.42 Å². The summed E-state index contributed by atoms with van der Waals surface area (Å²) in [6, 6.07) is 11.5. The summed E-state index contributed by atoms with van der Waals surface area (Å²) in [5, 5.41) is 0. The van der Waals surface area contributed by atoms with Crippen LogP contribution in [0.15, 0.2) is 64.2 Å². The Morgan fingerprint density at radius 1 is 1.14 bits per heavy atom. The lowest BCUT2D eigenvalue weighted by molar-refractivity contribution is -0.136. The molecule has 1 fully saturated rings. The van der Waals surface area contributed by atoms with E-state index in [9.17, 15) is 9.59 Å². The molecule has 7 heteroatoms. The molecule has 1 saturated heterocycles. The summed E-state index contributed by atoms with van der Waals surface area (Å²) in [5.74, 6) is 1.22. The average molecular weight is 378 g/mol. The highest BCUT2D eigenvalue weighted by Crippen LogP contribution is 2.31. The fourth-order valence-electron chi connectivity index (χ4n) is 3.59. The van der Waals surface area contributed by atoms with Gasteiger partial charge in [0.25, 0.3) is 0 Å². The first-order valence-electron chi connectivity index (χ1n) is 9.50. The molecule has 3 heterocycles. The zero-order valence-corrected chi connectivity index (χ0v) is 15.5. The predicted octanol–water partition coefficient (Wildman–Crippen LogP) is 2.58. The summed E-state index contributed by atoms with van der Waals surface area (Å²) < 4.78 is 7.32. The molecule has 1 aliphatic heterocycles. The Bertz CT molecular complexity index is 996. The second-order valence-electron chi connectivity index (χ2n) is 6.96. The van der Waals surface area contributed by atoms with Crippen molar-refractivity contribution >= 4 is 5.91 Å². The summed E-state index contributed by atoms with van der Waals surface area (Å²) in [6.07, 6.45) is 8.16. The van der Waals surface area contributed by atoms with Gasteiger partial charge in [-0.25, -0.2) is 14.8 Å². The second kappa shape index (κ2) is 8.21. The quantitative estimate of drug-likeness (QED) is 0.682. The van der Waals surface area contributed by atoms with Gasteiger partial charge in [0.15, 0.2) is 0 Å². The van der Waals surface area contributed by atoms with E-state index >= 15 is 0 Å². The number of hydrogen-bond acceptors (Lipinski definition) is 5. The fourth-order valence-corrected chi connectivity index (χ4v) is 3.59. The van der Waals surface area contributed by atoms with E-state index in [0.717, 1.165) is 30.6 Å². The molecule has 0 bridgehead atoms. The summed E-state index contributed by atoms with van der Waals surface area (Å²) in [7, 11) is 0. The number of benzene rings is 1. The predicted molar refractivity (Wildman–Crippen MR) is 103 cm³/mol. The molecule has 0 saturated carbocycles. The monoisotopic (exact) mass is 378 g/mol. The Hall–Kier alpha value is -3.22. The molecule has 0 unspecified atom stereocenters. The zero-order valence-electron chi connectivity index (χ0n) is 15.5. The molecule has 144 valence electrons.